The molecule has 2 aliphatic heterocycles. The number of likely N-dealkylation sites (N-methyl/N-ethyl adjacent to an activating group) is 1. The normalized spacial score (nSPS) is 25.5. The maximum absolute atomic E-state index is 14.2. The van der Waals surface area contributed by atoms with Crippen LogP contribution in [0.15, 0.2) is 60.0 Å². The second-order valence-corrected chi connectivity index (χ2v) is 8.72. The van der Waals surface area contributed by atoms with Crippen LogP contribution in [-0.2, 0) is 10.3 Å². The van der Waals surface area contributed by atoms with Gasteiger partial charge in [-0.2, -0.15) is 0 Å². The highest BCUT2D eigenvalue weighted by Gasteiger charge is 2.64. The molecule has 152 valence electrons. The number of halogens is 2. The summed E-state index contributed by atoms with van der Waals surface area (Å²) in [5.41, 5.74) is 0.413. The fourth-order valence-corrected chi connectivity index (χ4v) is 5.70. The van der Waals surface area contributed by atoms with Gasteiger partial charge < -0.3 is 5.32 Å². The standard InChI is InChI=1S/C23H18F2N2O2S/c1-27-12-16(13-4-6-14(24)7-5-13)20(21(28)19-3-2-10-30-19)23(27)17-11-15(25)8-9-18(17)26-22(23)29/h2-11,16,20H,12H2,1H3,(H,26,29)/t16-,20+,23-/m1/s1. The molecule has 1 aromatic heterocycles. The molecule has 0 saturated carbocycles. The number of benzene rings is 2. The highest BCUT2D eigenvalue weighted by Crippen LogP contribution is 2.55. The van der Waals surface area contributed by atoms with E-state index in [1.807, 2.05) is 10.3 Å². The molecule has 3 heterocycles. The molecule has 0 radical (unpaired) electrons. The van der Waals surface area contributed by atoms with Crippen molar-refractivity contribution in [3.8, 4) is 0 Å². The van der Waals surface area contributed by atoms with Gasteiger partial charge >= 0.3 is 0 Å². The van der Waals surface area contributed by atoms with Gasteiger partial charge in [0.1, 0.15) is 17.2 Å². The zero-order chi connectivity index (χ0) is 21.0. The predicted octanol–water partition coefficient (Wildman–Crippen LogP) is 4.40. The maximum Gasteiger partial charge on any atom is 0.250 e. The molecule has 1 fully saturated rings. The number of hydrogen-bond donors (Lipinski definition) is 1. The third kappa shape index (κ3) is 2.58. The van der Waals surface area contributed by atoms with Crippen LogP contribution in [0.5, 0.6) is 0 Å². The summed E-state index contributed by atoms with van der Waals surface area (Å²) < 4.78 is 27.8. The Hall–Kier alpha value is -2.90. The average molecular weight is 424 g/mol. The molecule has 30 heavy (non-hydrogen) atoms. The monoisotopic (exact) mass is 424 g/mol. The number of anilines is 1. The van der Waals surface area contributed by atoms with E-state index in [4.69, 9.17) is 0 Å². The van der Waals surface area contributed by atoms with Crippen molar-refractivity contribution in [2.75, 3.05) is 18.9 Å². The van der Waals surface area contributed by atoms with Crippen LogP contribution in [0.4, 0.5) is 14.5 Å². The molecular formula is C23H18F2N2O2S. The third-order valence-electron chi connectivity index (χ3n) is 6.26. The quantitative estimate of drug-likeness (QED) is 0.634. The molecule has 2 aromatic carbocycles. The van der Waals surface area contributed by atoms with Crippen molar-refractivity contribution in [3.05, 3.63) is 87.6 Å². The first-order valence-corrected chi connectivity index (χ1v) is 10.5. The van der Waals surface area contributed by atoms with E-state index in [1.54, 1.807) is 31.3 Å². The Morgan fingerprint density at radius 1 is 1.13 bits per heavy atom. The summed E-state index contributed by atoms with van der Waals surface area (Å²) in [4.78, 5) is 29.5. The summed E-state index contributed by atoms with van der Waals surface area (Å²) in [5, 5.41) is 4.66. The molecule has 7 heteroatoms. The van der Waals surface area contributed by atoms with Gasteiger partial charge in [-0.15, -0.1) is 11.3 Å². The Balaban J connectivity index is 1.74. The van der Waals surface area contributed by atoms with E-state index in [1.165, 1.54) is 41.7 Å². The SMILES string of the molecule is CN1C[C@H](c2ccc(F)cc2)[C@@H](C(=O)c2cccs2)[C@]12C(=O)Nc1ccc(F)cc12. The Bertz CT molecular complexity index is 1150. The second-order valence-electron chi connectivity index (χ2n) is 7.77. The fourth-order valence-electron chi connectivity index (χ4n) is 4.99. The molecule has 3 aromatic rings. The molecule has 0 aliphatic carbocycles. The van der Waals surface area contributed by atoms with Gasteiger partial charge in [-0.25, -0.2) is 8.78 Å². The zero-order valence-electron chi connectivity index (χ0n) is 16.1. The van der Waals surface area contributed by atoms with Crippen molar-refractivity contribution in [2.24, 2.45) is 5.92 Å². The number of fused-ring (bicyclic) bond motifs is 2. The van der Waals surface area contributed by atoms with Crippen molar-refractivity contribution in [1.82, 2.24) is 4.90 Å². The number of amides is 1. The van der Waals surface area contributed by atoms with Crippen LogP contribution >= 0.6 is 11.3 Å². The molecule has 2 aliphatic rings. The lowest BCUT2D eigenvalue weighted by atomic mass is 9.71. The van der Waals surface area contributed by atoms with Gasteiger partial charge in [-0.1, -0.05) is 18.2 Å². The molecule has 1 N–H and O–H groups in total. The van der Waals surface area contributed by atoms with Crippen LogP contribution in [0.3, 0.4) is 0 Å². The van der Waals surface area contributed by atoms with E-state index in [9.17, 15) is 18.4 Å². The summed E-state index contributed by atoms with van der Waals surface area (Å²) in [5.74, 6) is -2.49. The fraction of sp³-hybridized carbons (Fsp3) is 0.217. The second kappa shape index (κ2) is 6.82. The Morgan fingerprint density at radius 2 is 1.87 bits per heavy atom. The number of carbonyl (C=O) groups is 2. The number of nitrogens with one attached hydrogen (secondary N) is 1. The highest BCUT2D eigenvalue weighted by atomic mass is 32.1. The first-order valence-electron chi connectivity index (χ1n) is 9.59. The summed E-state index contributed by atoms with van der Waals surface area (Å²) in [6, 6.07) is 13.7. The van der Waals surface area contributed by atoms with Crippen molar-refractivity contribution in [2.45, 2.75) is 11.5 Å². The lowest BCUT2D eigenvalue weighted by Crippen LogP contribution is -2.51. The minimum atomic E-state index is -1.34. The summed E-state index contributed by atoms with van der Waals surface area (Å²) in [7, 11) is 1.78. The molecule has 1 amide bonds. The molecule has 1 spiro atoms. The van der Waals surface area contributed by atoms with E-state index in [-0.39, 0.29) is 23.4 Å². The topological polar surface area (TPSA) is 49.4 Å². The van der Waals surface area contributed by atoms with E-state index in [2.05, 4.69) is 5.32 Å². The van der Waals surface area contributed by atoms with Crippen LogP contribution in [0.25, 0.3) is 0 Å². The zero-order valence-corrected chi connectivity index (χ0v) is 16.9. The van der Waals surface area contributed by atoms with Crippen LogP contribution in [0, 0.1) is 17.6 Å². The van der Waals surface area contributed by atoms with Gasteiger partial charge in [0.2, 0.25) is 5.91 Å². The van der Waals surface area contributed by atoms with Crippen LogP contribution in [0.2, 0.25) is 0 Å². The van der Waals surface area contributed by atoms with Gasteiger partial charge in [0.25, 0.3) is 0 Å². The van der Waals surface area contributed by atoms with Crippen LogP contribution < -0.4 is 5.32 Å². The Kier molecular flexibility index (Phi) is 4.34. The number of carbonyl (C=O) groups excluding carboxylic acids is 2. The molecule has 4 nitrogen and oxygen atoms in total. The number of nitrogens with zero attached hydrogens (tertiary/aromatic N) is 1. The van der Waals surface area contributed by atoms with Crippen LogP contribution in [-0.4, -0.2) is 30.2 Å². The smallest absolute Gasteiger partial charge is 0.250 e. The number of ketones is 1. The van der Waals surface area contributed by atoms with Gasteiger partial charge in [0, 0.05) is 23.7 Å². The van der Waals surface area contributed by atoms with Crippen molar-refractivity contribution in [1.29, 1.82) is 0 Å². The minimum Gasteiger partial charge on any atom is -0.324 e. The summed E-state index contributed by atoms with van der Waals surface area (Å²) in [6.45, 7) is 0.400. The van der Waals surface area contributed by atoms with E-state index in [0.717, 1.165) is 5.56 Å². The van der Waals surface area contributed by atoms with Gasteiger partial charge in [0.05, 0.1) is 10.8 Å². The Morgan fingerprint density at radius 3 is 2.57 bits per heavy atom. The van der Waals surface area contributed by atoms with E-state index in [0.29, 0.717) is 22.7 Å². The maximum atomic E-state index is 14.2. The number of rotatable bonds is 3. The lowest BCUT2D eigenvalue weighted by molar-refractivity contribution is -0.126. The first kappa shape index (κ1) is 19.1. The number of Topliss-reactive ketones (excluding diaryl/α,β-unsaturated/α-hetero) is 1. The predicted molar refractivity (Wildman–Crippen MR) is 111 cm³/mol. The highest BCUT2D eigenvalue weighted by molar-refractivity contribution is 7.12. The van der Waals surface area contributed by atoms with Crippen molar-refractivity contribution < 1.29 is 18.4 Å². The molecule has 0 unspecified atom stereocenters. The summed E-state index contributed by atoms with van der Waals surface area (Å²) >= 11 is 1.31. The number of likely N-dealkylation sites (tertiary alicyclic amines) is 1. The largest absolute Gasteiger partial charge is 0.324 e. The average Bonchev–Trinajstić information content (AvgIpc) is 3.42. The molecule has 1 saturated heterocycles. The molecule has 3 atom stereocenters. The lowest BCUT2D eigenvalue weighted by Gasteiger charge is -2.35. The van der Waals surface area contributed by atoms with Gasteiger partial charge in [-0.3, -0.25) is 14.5 Å². The van der Waals surface area contributed by atoms with Gasteiger partial charge in [-0.05, 0) is 54.4 Å². The summed E-state index contributed by atoms with van der Waals surface area (Å²) in [6.07, 6.45) is 0. The van der Waals surface area contributed by atoms with Crippen molar-refractivity contribution >= 4 is 28.7 Å². The Labute approximate surface area is 176 Å². The van der Waals surface area contributed by atoms with Crippen LogP contribution in [0.1, 0.15) is 26.7 Å². The minimum absolute atomic E-state index is 0.170. The molecule has 0 bridgehead atoms. The van der Waals surface area contributed by atoms with Crippen molar-refractivity contribution in [3.63, 3.8) is 0 Å². The molecular weight excluding hydrogens is 406 g/mol. The van der Waals surface area contributed by atoms with E-state index < -0.39 is 17.3 Å². The molecule has 5 rings (SSSR count). The first-order chi connectivity index (χ1) is 14.4. The van der Waals surface area contributed by atoms with E-state index >= 15 is 0 Å². The number of hydrogen-bond acceptors (Lipinski definition) is 4. The third-order valence-corrected chi connectivity index (χ3v) is 7.14. The van der Waals surface area contributed by atoms with Gasteiger partial charge in [0.15, 0.2) is 5.78 Å². The number of thiophene rings is 1.